The number of carbonyl (C=O) groups is 1. The van der Waals surface area contributed by atoms with Gasteiger partial charge in [-0.1, -0.05) is 53.5 Å². The van der Waals surface area contributed by atoms with Gasteiger partial charge in [0, 0.05) is 16.3 Å². The quantitative estimate of drug-likeness (QED) is 0.214. The van der Waals surface area contributed by atoms with Crippen LogP contribution in [-0.4, -0.2) is 16.0 Å². The average Bonchev–Trinajstić information content (AvgIpc) is 3.33. The zero-order valence-electron chi connectivity index (χ0n) is 19.2. The van der Waals surface area contributed by atoms with Gasteiger partial charge < -0.3 is 14.5 Å². The molecule has 2 N–H and O–H groups in total. The van der Waals surface area contributed by atoms with Gasteiger partial charge in [-0.3, -0.25) is 10.1 Å². The largest absolute Gasteiger partial charge is 0.489 e. The molecule has 184 valence electrons. The maximum atomic E-state index is 12.6. The number of benzene rings is 4. The number of aromatic nitrogens is 1. The molecule has 37 heavy (non-hydrogen) atoms. The lowest BCUT2D eigenvalue weighted by molar-refractivity contribution is 0.0977. The Labute approximate surface area is 228 Å². The number of hydrogen-bond donors (Lipinski definition) is 2. The Balaban J connectivity index is 1.20. The first-order chi connectivity index (χ1) is 17.9. The molecule has 6 nitrogen and oxygen atoms in total. The molecule has 5 rings (SSSR count). The number of halogens is 2. The van der Waals surface area contributed by atoms with Gasteiger partial charge in [0.05, 0.1) is 10.6 Å². The number of hydrogen-bond acceptors (Lipinski definition) is 5. The van der Waals surface area contributed by atoms with Crippen molar-refractivity contribution >= 4 is 63.2 Å². The van der Waals surface area contributed by atoms with Gasteiger partial charge in [0.25, 0.3) is 5.91 Å². The van der Waals surface area contributed by atoms with Crippen LogP contribution in [0.5, 0.6) is 5.75 Å². The number of nitrogens with one attached hydrogen (secondary N) is 2. The number of amides is 1. The first kappa shape index (κ1) is 24.8. The number of nitrogens with zero attached hydrogens (tertiary/aromatic N) is 1. The van der Waals surface area contributed by atoms with Crippen LogP contribution in [0, 0.1) is 0 Å². The van der Waals surface area contributed by atoms with Crippen LogP contribution in [0.15, 0.2) is 95.4 Å². The zero-order chi connectivity index (χ0) is 25.8. The summed E-state index contributed by atoms with van der Waals surface area (Å²) in [6, 6.07) is 27.1. The fourth-order valence-electron chi connectivity index (χ4n) is 3.56. The molecule has 1 aromatic heterocycles. The van der Waals surface area contributed by atoms with E-state index in [-0.39, 0.29) is 11.0 Å². The van der Waals surface area contributed by atoms with Gasteiger partial charge in [0.1, 0.15) is 17.9 Å². The number of rotatable bonds is 6. The van der Waals surface area contributed by atoms with Gasteiger partial charge in [-0.25, -0.2) is 4.98 Å². The molecular formula is C28H19Cl2N3O3S. The zero-order valence-corrected chi connectivity index (χ0v) is 21.5. The van der Waals surface area contributed by atoms with Crippen LogP contribution < -0.4 is 15.4 Å². The third kappa shape index (κ3) is 6.09. The van der Waals surface area contributed by atoms with E-state index in [2.05, 4.69) is 15.6 Å². The molecule has 4 aromatic carbocycles. The molecule has 0 fully saturated rings. The Bertz CT molecular complexity index is 1590. The molecule has 1 heterocycles. The first-order valence-electron chi connectivity index (χ1n) is 11.2. The summed E-state index contributed by atoms with van der Waals surface area (Å²) in [7, 11) is 0. The van der Waals surface area contributed by atoms with Crippen LogP contribution in [-0.2, 0) is 6.61 Å². The van der Waals surface area contributed by atoms with Crippen molar-refractivity contribution in [3.05, 3.63) is 112 Å². The van der Waals surface area contributed by atoms with Gasteiger partial charge >= 0.3 is 0 Å². The SMILES string of the molecule is O=C(NC(=S)Nc1ccc2oc(-c3cc(Cl)ccc3Cl)nc2c1)c1ccc(OCc2ccccc2)cc1. The number of fused-ring (bicyclic) bond motifs is 1. The van der Waals surface area contributed by atoms with E-state index in [0.717, 1.165) is 5.56 Å². The lowest BCUT2D eigenvalue weighted by Gasteiger charge is -2.10. The van der Waals surface area contributed by atoms with Crippen LogP contribution in [0.1, 0.15) is 15.9 Å². The monoisotopic (exact) mass is 547 g/mol. The van der Waals surface area contributed by atoms with Crippen molar-refractivity contribution in [3.63, 3.8) is 0 Å². The summed E-state index contributed by atoms with van der Waals surface area (Å²) in [5, 5.41) is 6.84. The van der Waals surface area contributed by atoms with Crippen LogP contribution in [0.25, 0.3) is 22.6 Å². The number of oxazole rings is 1. The maximum absolute atomic E-state index is 12.6. The maximum Gasteiger partial charge on any atom is 0.257 e. The predicted molar refractivity (Wildman–Crippen MR) is 150 cm³/mol. The molecule has 1 amide bonds. The van der Waals surface area contributed by atoms with E-state index in [4.69, 9.17) is 44.6 Å². The highest BCUT2D eigenvalue weighted by Gasteiger charge is 2.14. The van der Waals surface area contributed by atoms with E-state index in [0.29, 0.717) is 56.2 Å². The fourth-order valence-corrected chi connectivity index (χ4v) is 4.14. The van der Waals surface area contributed by atoms with Gasteiger partial charge in [-0.15, -0.1) is 0 Å². The summed E-state index contributed by atoms with van der Waals surface area (Å²) in [5.74, 6) is 0.680. The Morgan fingerprint density at radius 3 is 2.51 bits per heavy atom. The molecular weight excluding hydrogens is 529 g/mol. The minimum atomic E-state index is -0.340. The van der Waals surface area contributed by atoms with E-state index in [1.807, 2.05) is 30.3 Å². The Hall–Kier alpha value is -3.91. The highest BCUT2D eigenvalue weighted by molar-refractivity contribution is 7.80. The number of thiocarbonyl (C=S) groups is 1. The molecule has 0 radical (unpaired) electrons. The van der Waals surface area contributed by atoms with Crippen LogP contribution >= 0.6 is 35.4 Å². The molecule has 0 saturated heterocycles. The molecule has 0 unspecified atom stereocenters. The molecule has 0 aliphatic carbocycles. The van der Waals surface area contributed by atoms with Crippen molar-refractivity contribution in [3.8, 4) is 17.2 Å². The molecule has 0 aliphatic rings. The van der Waals surface area contributed by atoms with Gasteiger partial charge in [-0.2, -0.15) is 0 Å². The Morgan fingerprint density at radius 1 is 0.946 bits per heavy atom. The van der Waals surface area contributed by atoms with E-state index < -0.39 is 0 Å². The summed E-state index contributed by atoms with van der Waals surface area (Å²) in [6.45, 7) is 0.448. The lowest BCUT2D eigenvalue weighted by Crippen LogP contribution is -2.34. The number of carbonyl (C=O) groups excluding carboxylic acids is 1. The van der Waals surface area contributed by atoms with Crippen LogP contribution in [0.3, 0.4) is 0 Å². The lowest BCUT2D eigenvalue weighted by atomic mass is 10.2. The number of ether oxygens (including phenoxy) is 1. The second-order valence-corrected chi connectivity index (χ2v) is 9.28. The van der Waals surface area contributed by atoms with Gasteiger partial charge in [0.15, 0.2) is 10.7 Å². The Morgan fingerprint density at radius 2 is 1.73 bits per heavy atom. The van der Waals surface area contributed by atoms with Crippen molar-refractivity contribution in [2.45, 2.75) is 6.61 Å². The normalized spacial score (nSPS) is 10.8. The molecule has 0 spiro atoms. The van der Waals surface area contributed by atoms with Crippen molar-refractivity contribution in [1.82, 2.24) is 10.3 Å². The van der Waals surface area contributed by atoms with Crippen LogP contribution in [0.4, 0.5) is 5.69 Å². The fraction of sp³-hybridized carbons (Fsp3) is 0.0357. The average molecular weight is 548 g/mol. The second-order valence-electron chi connectivity index (χ2n) is 8.03. The second kappa shape index (κ2) is 11.0. The third-order valence-electron chi connectivity index (χ3n) is 5.40. The van der Waals surface area contributed by atoms with Crippen molar-refractivity contribution in [1.29, 1.82) is 0 Å². The molecule has 0 saturated carbocycles. The minimum Gasteiger partial charge on any atom is -0.489 e. The molecule has 9 heteroatoms. The van der Waals surface area contributed by atoms with Gasteiger partial charge in [-0.05, 0) is 78.4 Å². The summed E-state index contributed by atoms with van der Waals surface area (Å²) in [4.78, 5) is 17.1. The molecule has 0 bridgehead atoms. The molecule has 0 atom stereocenters. The topological polar surface area (TPSA) is 76.4 Å². The smallest absolute Gasteiger partial charge is 0.257 e. The highest BCUT2D eigenvalue weighted by atomic mass is 35.5. The highest BCUT2D eigenvalue weighted by Crippen LogP contribution is 2.32. The summed E-state index contributed by atoms with van der Waals surface area (Å²) in [5.41, 5.74) is 3.91. The summed E-state index contributed by atoms with van der Waals surface area (Å²) >= 11 is 17.7. The van der Waals surface area contributed by atoms with Crippen molar-refractivity contribution in [2.75, 3.05) is 5.32 Å². The third-order valence-corrected chi connectivity index (χ3v) is 6.16. The predicted octanol–water partition coefficient (Wildman–Crippen LogP) is 7.51. The summed E-state index contributed by atoms with van der Waals surface area (Å²) in [6.07, 6.45) is 0. The van der Waals surface area contributed by atoms with E-state index >= 15 is 0 Å². The van der Waals surface area contributed by atoms with Gasteiger partial charge in [0.2, 0.25) is 5.89 Å². The van der Waals surface area contributed by atoms with E-state index in [1.54, 1.807) is 60.7 Å². The van der Waals surface area contributed by atoms with Crippen molar-refractivity contribution < 1.29 is 13.9 Å². The molecule has 5 aromatic rings. The first-order valence-corrected chi connectivity index (χ1v) is 12.4. The van der Waals surface area contributed by atoms with E-state index in [9.17, 15) is 4.79 Å². The van der Waals surface area contributed by atoms with Crippen molar-refractivity contribution in [2.24, 2.45) is 0 Å². The minimum absolute atomic E-state index is 0.148. The standard InChI is InChI=1S/C28H19Cl2N3O3S/c29-19-8-12-23(30)22(14-19)27-32-24-15-20(9-13-25(24)36-27)31-28(37)33-26(34)18-6-10-21(11-7-18)35-16-17-4-2-1-3-5-17/h1-15H,16H2,(H2,31,33,34,37). The van der Waals surface area contributed by atoms with Crippen LogP contribution in [0.2, 0.25) is 10.0 Å². The number of anilines is 1. The summed E-state index contributed by atoms with van der Waals surface area (Å²) < 4.78 is 11.6. The molecule has 0 aliphatic heterocycles. The Kier molecular flexibility index (Phi) is 7.37. The van der Waals surface area contributed by atoms with E-state index in [1.165, 1.54) is 0 Å².